The van der Waals surface area contributed by atoms with E-state index in [2.05, 4.69) is 15.4 Å². The Morgan fingerprint density at radius 1 is 1.36 bits per heavy atom. The fraction of sp³-hybridized carbons (Fsp3) is 0.467. The number of hydrogen-bond acceptors (Lipinski definition) is 4. The molecule has 22 heavy (non-hydrogen) atoms. The van der Waals surface area contributed by atoms with Gasteiger partial charge in [0.2, 0.25) is 5.91 Å². The van der Waals surface area contributed by atoms with Crippen molar-refractivity contribution in [3.63, 3.8) is 0 Å². The Balaban J connectivity index is 2.09. The van der Waals surface area contributed by atoms with Crippen molar-refractivity contribution in [1.82, 2.24) is 24.8 Å². The third-order valence-electron chi connectivity index (χ3n) is 4.15. The van der Waals surface area contributed by atoms with Gasteiger partial charge >= 0.3 is 0 Å². The zero-order chi connectivity index (χ0) is 15.7. The van der Waals surface area contributed by atoms with Gasteiger partial charge in [0.1, 0.15) is 5.56 Å². The first-order valence-corrected chi connectivity index (χ1v) is 7.45. The second-order valence-electron chi connectivity index (χ2n) is 5.47. The van der Waals surface area contributed by atoms with Crippen LogP contribution in [-0.4, -0.2) is 44.9 Å². The predicted molar refractivity (Wildman–Crippen MR) is 80.4 cm³/mol. The first kappa shape index (κ1) is 14.5. The number of nitrogens with zero attached hydrogens (tertiary/aromatic N) is 4. The molecule has 2 aromatic rings. The number of carbonyl (C=O) groups is 2. The van der Waals surface area contributed by atoms with Gasteiger partial charge in [-0.1, -0.05) is 0 Å². The highest BCUT2D eigenvalue weighted by molar-refractivity contribution is 5.99. The average Bonchev–Trinajstić information content (AvgIpc) is 2.98. The van der Waals surface area contributed by atoms with E-state index < -0.39 is 0 Å². The fourth-order valence-electron chi connectivity index (χ4n) is 3.07. The van der Waals surface area contributed by atoms with E-state index in [0.717, 1.165) is 31.5 Å². The molecule has 7 heteroatoms. The molecule has 2 aromatic heterocycles. The third-order valence-corrected chi connectivity index (χ3v) is 4.15. The van der Waals surface area contributed by atoms with Crippen molar-refractivity contribution in [3.05, 3.63) is 29.7 Å². The molecule has 0 radical (unpaired) electrons. The number of amides is 2. The molecule has 0 saturated carbocycles. The Hall–Kier alpha value is -2.44. The van der Waals surface area contributed by atoms with E-state index in [1.807, 2.05) is 11.0 Å². The van der Waals surface area contributed by atoms with Gasteiger partial charge in [0.25, 0.3) is 5.91 Å². The highest BCUT2D eigenvalue weighted by atomic mass is 16.2. The van der Waals surface area contributed by atoms with E-state index in [1.54, 1.807) is 24.7 Å². The van der Waals surface area contributed by atoms with Crippen molar-refractivity contribution >= 4 is 17.5 Å². The maximum atomic E-state index is 11.9. The minimum Gasteiger partial charge on any atom is -0.355 e. The smallest absolute Gasteiger partial charge is 0.256 e. The van der Waals surface area contributed by atoms with Crippen LogP contribution in [0.3, 0.4) is 0 Å². The first-order valence-electron chi connectivity index (χ1n) is 7.45. The Kier molecular flexibility index (Phi) is 3.79. The molecule has 1 aliphatic heterocycles. The summed E-state index contributed by atoms with van der Waals surface area (Å²) in [6, 6.07) is 1.86. The van der Waals surface area contributed by atoms with Gasteiger partial charge in [0.15, 0.2) is 5.65 Å². The quantitative estimate of drug-likeness (QED) is 0.903. The number of fused-ring (bicyclic) bond motifs is 1. The molecule has 3 heterocycles. The number of piperidine rings is 1. The molecule has 1 saturated heterocycles. The number of hydrogen-bond donors (Lipinski definition) is 1. The summed E-state index contributed by atoms with van der Waals surface area (Å²) in [5, 5.41) is 6.90. The highest BCUT2D eigenvalue weighted by Crippen LogP contribution is 2.31. The van der Waals surface area contributed by atoms with Crippen LogP contribution in [0, 0.1) is 0 Å². The summed E-state index contributed by atoms with van der Waals surface area (Å²) >= 11 is 0. The summed E-state index contributed by atoms with van der Waals surface area (Å²) < 4.78 is 1.68. The number of nitrogens with one attached hydrogen (secondary N) is 1. The van der Waals surface area contributed by atoms with Crippen LogP contribution < -0.4 is 5.32 Å². The van der Waals surface area contributed by atoms with Crippen molar-refractivity contribution < 1.29 is 9.59 Å². The van der Waals surface area contributed by atoms with Crippen LogP contribution in [0.25, 0.3) is 5.65 Å². The molecule has 2 amide bonds. The molecule has 116 valence electrons. The molecule has 1 atom stereocenters. The van der Waals surface area contributed by atoms with Crippen LogP contribution in [-0.2, 0) is 4.79 Å². The molecule has 7 nitrogen and oxygen atoms in total. The first-order chi connectivity index (χ1) is 10.6. The minimum atomic E-state index is -0.216. The Morgan fingerprint density at radius 3 is 2.91 bits per heavy atom. The number of likely N-dealkylation sites (tertiary alicyclic amines) is 1. The predicted octanol–water partition coefficient (Wildman–Crippen LogP) is 1.16. The number of rotatable bonds is 2. The van der Waals surface area contributed by atoms with Crippen molar-refractivity contribution in [3.8, 4) is 0 Å². The minimum absolute atomic E-state index is 0.0193. The molecule has 0 spiro atoms. The summed E-state index contributed by atoms with van der Waals surface area (Å²) in [5.74, 6) is -0.153. The summed E-state index contributed by atoms with van der Waals surface area (Å²) in [6.45, 7) is 2.35. The van der Waals surface area contributed by atoms with Gasteiger partial charge in [-0.05, 0) is 25.3 Å². The maximum Gasteiger partial charge on any atom is 0.256 e. The molecule has 0 bridgehead atoms. The van der Waals surface area contributed by atoms with Gasteiger partial charge in [0.05, 0.1) is 17.9 Å². The lowest BCUT2D eigenvalue weighted by molar-refractivity contribution is -0.132. The van der Waals surface area contributed by atoms with Crippen molar-refractivity contribution in [2.75, 3.05) is 13.6 Å². The van der Waals surface area contributed by atoms with E-state index in [0.29, 0.717) is 11.2 Å². The molecular weight excluding hydrogens is 282 g/mol. The molecule has 3 rings (SSSR count). The fourth-order valence-corrected chi connectivity index (χ4v) is 3.07. The van der Waals surface area contributed by atoms with Crippen LogP contribution >= 0.6 is 0 Å². The lowest BCUT2D eigenvalue weighted by atomic mass is 9.99. The van der Waals surface area contributed by atoms with E-state index in [1.165, 1.54) is 6.20 Å². The Labute approximate surface area is 128 Å². The zero-order valence-electron chi connectivity index (χ0n) is 12.7. The molecular formula is C15H19N5O2. The molecule has 1 aliphatic rings. The molecule has 0 aromatic carbocycles. The molecule has 0 aliphatic carbocycles. The van der Waals surface area contributed by atoms with Gasteiger partial charge in [-0.15, -0.1) is 0 Å². The topological polar surface area (TPSA) is 79.6 Å². The molecule has 1 fully saturated rings. The van der Waals surface area contributed by atoms with E-state index >= 15 is 0 Å². The van der Waals surface area contributed by atoms with E-state index in [4.69, 9.17) is 0 Å². The van der Waals surface area contributed by atoms with E-state index in [9.17, 15) is 9.59 Å². The van der Waals surface area contributed by atoms with Gasteiger partial charge in [-0.2, -0.15) is 5.10 Å². The average molecular weight is 301 g/mol. The summed E-state index contributed by atoms with van der Waals surface area (Å²) in [6.07, 6.45) is 6.18. The zero-order valence-corrected chi connectivity index (χ0v) is 12.7. The standard InChI is InChI=1S/C15H19N5O2/c1-10(21)19-8-4-3-5-12(19)13-6-7-17-14-11(15(22)16-2)9-18-20(13)14/h6-7,9,12H,3-5,8H2,1-2H3,(H,16,22)/t12-/m1/s1. The monoisotopic (exact) mass is 301 g/mol. The van der Waals surface area contributed by atoms with Crippen LogP contribution in [0.2, 0.25) is 0 Å². The maximum absolute atomic E-state index is 11.9. The summed E-state index contributed by atoms with van der Waals surface area (Å²) in [7, 11) is 1.58. The second kappa shape index (κ2) is 5.75. The molecule has 1 N–H and O–H groups in total. The van der Waals surface area contributed by atoms with Crippen LogP contribution in [0.1, 0.15) is 48.3 Å². The largest absolute Gasteiger partial charge is 0.355 e. The third kappa shape index (κ3) is 2.32. The molecule has 0 unspecified atom stereocenters. The van der Waals surface area contributed by atoms with Gasteiger partial charge in [-0.25, -0.2) is 9.50 Å². The Morgan fingerprint density at radius 2 is 2.18 bits per heavy atom. The lowest BCUT2D eigenvalue weighted by Crippen LogP contribution is -2.37. The van der Waals surface area contributed by atoms with Gasteiger partial charge in [0, 0.05) is 26.7 Å². The van der Waals surface area contributed by atoms with Crippen LogP contribution in [0.4, 0.5) is 0 Å². The Bertz CT molecular complexity index is 724. The summed E-state index contributed by atoms with van der Waals surface area (Å²) in [5.41, 5.74) is 1.86. The van der Waals surface area contributed by atoms with Crippen LogP contribution in [0.5, 0.6) is 0 Å². The summed E-state index contributed by atoms with van der Waals surface area (Å²) in [4.78, 5) is 29.9. The number of carbonyl (C=O) groups excluding carboxylic acids is 2. The lowest BCUT2D eigenvalue weighted by Gasteiger charge is -2.35. The van der Waals surface area contributed by atoms with Crippen molar-refractivity contribution in [2.24, 2.45) is 0 Å². The van der Waals surface area contributed by atoms with E-state index in [-0.39, 0.29) is 17.9 Å². The highest BCUT2D eigenvalue weighted by Gasteiger charge is 2.28. The second-order valence-corrected chi connectivity index (χ2v) is 5.47. The van der Waals surface area contributed by atoms with Crippen molar-refractivity contribution in [2.45, 2.75) is 32.2 Å². The van der Waals surface area contributed by atoms with Crippen molar-refractivity contribution in [1.29, 1.82) is 0 Å². The van der Waals surface area contributed by atoms with Crippen LogP contribution in [0.15, 0.2) is 18.5 Å². The van der Waals surface area contributed by atoms with Gasteiger partial charge in [-0.3, -0.25) is 9.59 Å². The normalized spacial score (nSPS) is 18.5. The SMILES string of the molecule is CNC(=O)c1cnn2c([C@H]3CCCCN3C(C)=O)ccnc12. The number of aromatic nitrogens is 3. The van der Waals surface area contributed by atoms with Gasteiger partial charge < -0.3 is 10.2 Å².